The number of amides is 1. The van der Waals surface area contributed by atoms with E-state index < -0.39 is 10.0 Å². The molecule has 4 rings (SSSR count). The number of carbonyl (C=O) groups excluding carboxylic acids is 1. The van der Waals surface area contributed by atoms with Crippen molar-refractivity contribution in [1.29, 1.82) is 0 Å². The van der Waals surface area contributed by atoms with Crippen molar-refractivity contribution in [1.82, 2.24) is 14.1 Å². The maximum atomic E-state index is 12.8. The second-order valence-corrected chi connectivity index (χ2v) is 9.06. The zero-order chi connectivity index (χ0) is 18.1. The number of hydrogen-bond acceptors (Lipinski definition) is 5. The summed E-state index contributed by atoms with van der Waals surface area (Å²) in [5.41, 5.74) is 0.553. The summed E-state index contributed by atoms with van der Waals surface area (Å²) >= 11 is 0. The molecule has 0 N–H and O–H groups in total. The molecule has 1 amide bonds. The van der Waals surface area contributed by atoms with Crippen LogP contribution in [-0.4, -0.2) is 87.0 Å². The molecule has 0 bridgehead atoms. The first-order chi connectivity index (χ1) is 12.6. The van der Waals surface area contributed by atoms with E-state index in [1.807, 2.05) is 4.90 Å². The highest BCUT2D eigenvalue weighted by atomic mass is 32.2. The minimum atomic E-state index is -3.52. The molecule has 3 heterocycles. The van der Waals surface area contributed by atoms with Gasteiger partial charge in [0.05, 0.1) is 18.1 Å². The topological polar surface area (TPSA) is 70.2 Å². The number of benzene rings is 1. The van der Waals surface area contributed by atoms with Crippen LogP contribution in [0.3, 0.4) is 0 Å². The van der Waals surface area contributed by atoms with Crippen LogP contribution < -0.4 is 0 Å². The first-order valence-electron chi connectivity index (χ1n) is 9.27. The molecule has 1 atom stereocenters. The average molecular weight is 379 g/mol. The molecule has 3 saturated heterocycles. The summed E-state index contributed by atoms with van der Waals surface area (Å²) in [5.74, 6) is -0.00753. The van der Waals surface area contributed by atoms with Crippen LogP contribution in [0, 0.1) is 0 Å². The normalized spacial score (nSPS) is 25.2. The average Bonchev–Trinajstić information content (AvgIpc) is 3.16. The Morgan fingerprint density at radius 2 is 1.73 bits per heavy atom. The molecule has 3 fully saturated rings. The van der Waals surface area contributed by atoms with E-state index in [4.69, 9.17) is 4.74 Å². The van der Waals surface area contributed by atoms with Gasteiger partial charge >= 0.3 is 0 Å². The smallest absolute Gasteiger partial charge is 0.253 e. The van der Waals surface area contributed by atoms with Gasteiger partial charge in [-0.15, -0.1) is 0 Å². The molecule has 8 heteroatoms. The Morgan fingerprint density at radius 3 is 2.46 bits per heavy atom. The summed E-state index contributed by atoms with van der Waals surface area (Å²) < 4.78 is 32.0. The lowest BCUT2D eigenvalue weighted by Gasteiger charge is -2.37. The minimum absolute atomic E-state index is 0.00753. The van der Waals surface area contributed by atoms with Crippen molar-refractivity contribution in [3.8, 4) is 0 Å². The number of ether oxygens (including phenoxy) is 1. The zero-order valence-corrected chi connectivity index (χ0v) is 15.7. The first kappa shape index (κ1) is 17.9. The standard InChI is InChI=1S/C18H25N3O4S/c22-18(20-9-8-19-7-1-2-16(19)14-20)15-3-5-17(6-4-15)26(23,24)21-10-12-25-13-11-21/h3-6,16H,1-2,7-14H2. The van der Waals surface area contributed by atoms with Gasteiger partial charge in [0.1, 0.15) is 0 Å². The van der Waals surface area contributed by atoms with E-state index in [0.29, 0.717) is 37.9 Å². The number of rotatable bonds is 3. The highest BCUT2D eigenvalue weighted by Gasteiger charge is 2.33. The zero-order valence-electron chi connectivity index (χ0n) is 14.8. The highest BCUT2D eigenvalue weighted by Crippen LogP contribution is 2.23. The predicted molar refractivity (Wildman–Crippen MR) is 96.5 cm³/mol. The van der Waals surface area contributed by atoms with Gasteiger partial charge in [-0.1, -0.05) is 0 Å². The fraction of sp³-hybridized carbons (Fsp3) is 0.611. The van der Waals surface area contributed by atoms with Crippen LogP contribution in [0.4, 0.5) is 0 Å². The number of sulfonamides is 1. The van der Waals surface area contributed by atoms with E-state index in [-0.39, 0.29) is 10.8 Å². The fourth-order valence-corrected chi connectivity index (χ4v) is 5.47. The fourth-order valence-electron chi connectivity index (χ4n) is 4.06. The predicted octanol–water partition coefficient (Wildman–Crippen LogP) is 0.628. The molecule has 1 aromatic rings. The van der Waals surface area contributed by atoms with Crippen LogP contribution in [0.15, 0.2) is 29.2 Å². The lowest BCUT2D eigenvalue weighted by molar-refractivity contribution is 0.0571. The quantitative estimate of drug-likeness (QED) is 0.770. The van der Waals surface area contributed by atoms with Gasteiger partial charge in [0, 0.05) is 44.3 Å². The van der Waals surface area contributed by atoms with Crippen molar-refractivity contribution in [2.24, 2.45) is 0 Å². The molecule has 26 heavy (non-hydrogen) atoms. The number of nitrogens with zero attached hydrogens (tertiary/aromatic N) is 3. The molecule has 3 aliphatic rings. The highest BCUT2D eigenvalue weighted by molar-refractivity contribution is 7.89. The Morgan fingerprint density at radius 1 is 1.00 bits per heavy atom. The van der Waals surface area contributed by atoms with Crippen molar-refractivity contribution in [2.75, 3.05) is 52.5 Å². The van der Waals surface area contributed by atoms with Gasteiger partial charge in [0.25, 0.3) is 5.91 Å². The van der Waals surface area contributed by atoms with Crippen molar-refractivity contribution < 1.29 is 17.9 Å². The number of morpholine rings is 1. The number of carbonyl (C=O) groups is 1. The molecule has 0 aromatic heterocycles. The van der Waals surface area contributed by atoms with E-state index in [0.717, 1.165) is 32.6 Å². The van der Waals surface area contributed by atoms with Gasteiger partial charge in [-0.2, -0.15) is 4.31 Å². The van der Waals surface area contributed by atoms with Gasteiger partial charge in [-0.05, 0) is 43.7 Å². The Kier molecular flexibility index (Phi) is 5.00. The third kappa shape index (κ3) is 3.38. The molecule has 1 aromatic carbocycles. The number of hydrogen-bond donors (Lipinski definition) is 0. The van der Waals surface area contributed by atoms with Crippen molar-refractivity contribution in [2.45, 2.75) is 23.8 Å². The maximum Gasteiger partial charge on any atom is 0.253 e. The second kappa shape index (κ2) is 7.26. The van der Waals surface area contributed by atoms with Crippen LogP contribution >= 0.6 is 0 Å². The van der Waals surface area contributed by atoms with Gasteiger partial charge < -0.3 is 9.64 Å². The lowest BCUT2D eigenvalue weighted by atomic mass is 10.1. The van der Waals surface area contributed by atoms with Gasteiger partial charge in [0.2, 0.25) is 10.0 Å². The molecule has 7 nitrogen and oxygen atoms in total. The third-order valence-corrected chi connectivity index (χ3v) is 7.50. The van der Waals surface area contributed by atoms with E-state index >= 15 is 0 Å². The molecule has 0 spiro atoms. The SMILES string of the molecule is O=C(c1ccc(S(=O)(=O)N2CCOCC2)cc1)N1CCN2CCCC2C1. The van der Waals surface area contributed by atoms with Crippen LogP contribution in [0.2, 0.25) is 0 Å². The summed E-state index contributed by atoms with van der Waals surface area (Å²) in [7, 11) is -3.52. The molecular formula is C18H25N3O4S. The lowest BCUT2D eigenvalue weighted by Crippen LogP contribution is -2.52. The minimum Gasteiger partial charge on any atom is -0.379 e. The Bertz CT molecular complexity index is 759. The molecular weight excluding hydrogens is 354 g/mol. The van der Waals surface area contributed by atoms with Gasteiger partial charge in [0.15, 0.2) is 0 Å². The Hall–Kier alpha value is -1.48. The van der Waals surface area contributed by atoms with E-state index in [1.54, 1.807) is 24.3 Å². The van der Waals surface area contributed by atoms with Crippen molar-refractivity contribution >= 4 is 15.9 Å². The first-order valence-corrected chi connectivity index (χ1v) is 10.7. The molecule has 1 unspecified atom stereocenters. The van der Waals surface area contributed by atoms with Gasteiger partial charge in [-0.3, -0.25) is 9.69 Å². The van der Waals surface area contributed by atoms with Crippen LogP contribution in [0.25, 0.3) is 0 Å². The number of piperazine rings is 1. The Balaban J connectivity index is 1.46. The van der Waals surface area contributed by atoms with Crippen LogP contribution in [-0.2, 0) is 14.8 Å². The summed E-state index contributed by atoms with van der Waals surface area (Å²) in [4.78, 5) is 17.4. The van der Waals surface area contributed by atoms with Crippen molar-refractivity contribution in [3.05, 3.63) is 29.8 Å². The Labute approximate surface area is 154 Å². The number of fused-ring (bicyclic) bond motifs is 1. The van der Waals surface area contributed by atoms with Gasteiger partial charge in [-0.25, -0.2) is 8.42 Å². The molecule has 3 aliphatic heterocycles. The summed E-state index contributed by atoms with van der Waals surface area (Å²) in [6.45, 7) is 5.16. The summed E-state index contributed by atoms with van der Waals surface area (Å²) in [6.07, 6.45) is 2.36. The largest absolute Gasteiger partial charge is 0.379 e. The molecule has 0 aliphatic carbocycles. The van der Waals surface area contributed by atoms with Crippen LogP contribution in [0.1, 0.15) is 23.2 Å². The van der Waals surface area contributed by atoms with E-state index in [9.17, 15) is 13.2 Å². The summed E-state index contributed by atoms with van der Waals surface area (Å²) in [6, 6.07) is 6.84. The van der Waals surface area contributed by atoms with E-state index in [1.165, 1.54) is 10.7 Å². The van der Waals surface area contributed by atoms with Crippen LogP contribution in [0.5, 0.6) is 0 Å². The molecule has 0 saturated carbocycles. The molecule has 0 radical (unpaired) electrons. The summed E-state index contributed by atoms with van der Waals surface area (Å²) in [5, 5.41) is 0. The van der Waals surface area contributed by atoms with E-state index in [2.05, 4.69) is 4.90 Å². The maximum absolute atomic E-state index is 12.8. The monoisotopic (exact) mass is 379 g/mol. The van der Waals surface area contributed by atoms with Crippen molar-refractivity contribution in [3.63, 3.8) is 0 Å². The molecule has 142 valence electrons. The third-order valence-electron chi connectivity index (χ3n) is 5.58. The second-order valence-electron chi connectivity index (χ2n) is 7.12.